The van der Waals surface area contributed by atoms with Crippen molar-refractivity contribution in [1.82, 2.24) is 19.0 Å². The van der Waals surface area contributed by atoms with Gasteiger partial charge in [0.05, 0.1) is 17.1 Å². The molecule has 1 aromatic carbocycles. The molecule has 4 rings (SSSR count). The lowest BCUT2D eigenvalue weighted by Gasteiger charge is -2.32. The number of pyridine rings is 1. The van der Waals surface area contributed by atoms with Crippen LogP contribution in [0.2, 0.25) is 0 Å². The summed E-state index contributed by atoms with van der Waals surface area (Å²) in [5.74, 6) is 0.277. The van der Waals surface area contributed by atoms with Gasteiger partial charge in [0.2, 0.25) is 0 Å². The van der Waals surface area contributed by atoms with Crippen molar-refractivity contribution in [3.8, 4) is 6.07 Å². The molecule has 7 nitrogen and oxygen atoms in total. The molecule has 3 aromatic rings. The number of aryl methyl sites for hydroxylation is 1. The van der Waals surface area contributed by atoms with E-state index in [-0.39, 0.29) is 11.6 Å². The van der Waals surface area contributed by atoms with Gasteiger partial charge in [0.1, 0.15) is 0 Å². The van der Waals surface area contributed by atoms with E-state index in [0.717, 1.165) is 18.4 Å². The van der Waals surface area contributed by atoms with Gasteiger partial charge in [-0.2, -0.15) is 5.26 Å². The number of nitriles is 1. The number of piperidine rings is 1. The zero-order valence-corrected chi connectivity index (χ0v) is 15.7. The number of rotatable bonds is 3. The summed E-state index contributed by atoms with van der Waals surface area (Å²) in [5, 5.41) is 9.02. The van der Waals surface area contributed by atoms with Gasteiger partial charge in [-0.15, -0.1) is 0 Å². The van der Waals surface area contributed by atoms with E-state index in [4.69, 9.17) is 5.26 Å². The third kappa shape index (κ3) is 3.18. The normalized spacial score (nSPS) is 14.9. The van der Waals surface area contributed by atoms with Crippen LogP contribution in [-0.4, -0.2) is 38.0 Å². The number of likely N-dealkylation sites (tertiary alicyclic amines) is 1. The van der Waals surface area contributed by atoms with Crippen LogP contribution < -0.4 is 5.69 Å². The number of benzene rings is 1. The molecule has 0 spiro atoms. The fourth-order valence-corrected chi connectivity index (χ4v) is 3.88. The average Bonchev–Trinajstić information content (AvgIpc) is 2.99. The number of carbonyl (C=O) groups is 1. The molecule has 28 heavy (non-hydrogen) atoms. The van der Waals surface area contributed by atoms with Gasteiger partial charge in [-0.1, -0.05) is 6.07 Å². The summed E-state index contributed by atoms with van der Waals surface area (Å²) in [4.78, 5) is 31.5. The molecule has 0 bridgehead atoms. The van der Waals surface area contributed by atoms with Crippen LogP contribution in [0, 0.1) is 17.2 Å². The van der Waals surface area contributed by atoms with Gasteiger partial charge in [0.25, 0.3) is 5.91 Å². The summed E-state index contributed by atoms with van der Waals surface area (Å²) in [6.07, 6.45) is 3.37. The Balaban J connectivity index is 1.45. The van der Waals surface area contributed by atoms with Crippen molar-refractivity contribution in [3.63, 3.8) is 0 Å². The molecule has 1 aliphatic heterocycles. The Kier molecular flexibility index (Phi) is 4.70. The molecule has 0 radical (unpaired) electrons. The maximum atomic E-state index is 12.7. The van der Waals surface area contributed by atoms with E-state index in [1.165, 1.54) is 0 Å². The second-order valence-corrected chi connectivity index (χ2v) is 7.23. The van der Waals surface area contributed by atoms with Crippen LogP contribution in [0.1, 0.15) is 28.8 Å². The van der Waals surface area contributed by atoms with Crippen molar-refractivity contribution in [2.24, 2.45) is 13.0 Å². The topological polar surface area (TPSA) is 83.9 Å². The van der Waals surface area contributed by atoms with Crippen LogP contribution in [0.4, 0.5) is 0 Å². The first-order valence-corrected chi connectivity index (χ1v) is 9.38. The Morgan fingerprint density at radius 3 is 2.79 bits per heavy atom. The van der Waals surface area contributed by atoms with Gasteiger partial charge in [-0.25, -0.2) is 9.78 Å². The molecule has 0 unspecified atom stereocenters. The fraction of sp³-hybridized carbons (Fsp3) is 0.333. The largest absolute Gasteiger partial charge is 0.339 e. The predicted molar refractivity (Wildman–Crippen MR) is 105 cm³/mol. The Morgan fingerprint density at radius 2 is 2.04 bits per heavy atom. The minimum Gasteiger partial charge on any atom is -0.339 e. The highest BCUT2D eigenvalue weighted by molar-refractivity contribution is 5.94. The summed E-state index contributed by atoms with van der Waals surface area (Å²) >= 11 is 0. The molecule has 0 N–H and O–H groups in total. The molecule has 1 saturated heterocycles. The molecule has 142 valence electrons. The molecule has 0 saturated carbocycles. The molecule has 1 aliphatic rings. The van der Waals surface area contributed by atoms with Crippen molar-refractivity contribution in [3.05, 3.63) is 64.2 Å². The van der Waals surface area contributed by atoms with Gasteiger partial charge >= 0.3 is 5.69 Å². The first kappa shape index (κ1) is 18.0. The number of hydrogen-bond donors (Lipinski definition) is 0. The minimum absolute atomic E-state index is 0.0421. The van der Waals surface area contributed by atoms with Crippen LogP contribution in [0.15, 0.2) is 47.4 Å². The zero-order valence-electron chi connectivity index (χ0n) is 15.7. The lowest BCUT2D eigenvalue weighted by molar-refractivity contribution is 0.0683. The van der Waals surface area contributed by atoms with Crippen molar-refractivity contribution in [1.29, 1.82) is 5.26 Å². The third-order valence-electron chi connectivity index (χ3n) is 5.48. The van der Waals surface area contributed by atoms with Crippen LogP contribution in [-0.2, 0) is 13.6 Å². The number of hydrogen-bond acceptors (Lipinski definition) is 4. The van der Waals surface area contributed by atoms with Gasteiger partial charge in [0.15, 0.2) is 5.65 Å². The third-order valence-corrected chi connectivity index (χ3v) is 5.48. The summed E-state index contributed by atoms with van der Waals surface area (Å²) < 4.78 is 3.37. The first-order chi connectivity index (χ1) is 13.6. The Morgan fingerprint density at radius 1 is 1.25 bits per heavy atom. The monoisotopic (exact) mass is 375 g/mol. The maximum absolute atomic E-state index is 12.7. The minimum atomic E-state index is -0.0551. The molecule has 0 aliphatic carbocycles. The Hall–Kier alpha value is -3.40. The maximum Gasteiger partial charge on any atom is 0.330 e. The number of carbonyl (C=O) groups excluding carboxylic acids is 1. The van der Waals surface area contributed by atoms with Crippen molar-refractivity contribution in [2.45, 2.75) is 19.4 Å². The molecule has 2 aromatic heterocycles. The van der Waals surface area contributed by atoms with E-state index in [9.17, 15) is 9.59 Å². The summed E-state index contributed by atoms with van der Waals surface area (Å²) in [6, 6.07) is 12.6. The second-order valence-electron chi connectivity index (χ2n) is 7.23. The highest BCUT2D eigenvalue weighted by Gasteiger charge is 2.25. The quantitative estimate of drug-likeness (QED) is 0.702. The molecule has 3 heterocycles. The van der Waals surface area contributed by atoms with Crippen molar-refractivity contribution in [2.75, 3.05) is 13.1 Å². The van der Waals surface area contributed by atoms with Gasteiger partial charge in [-0.3, -0.25) is 13.9 Å². The molecular weight excluding hydrogens is 354 g/mol. The van der Waals surface area contributed by atoms with Crippen molar-refractivity contribution >= 4 is 17.1 Å². The second kappa shape index (κ2) is 7.31. The molecule has 7 heteroatoms. The standard InChI is InChI=1S/C21H21N5O2/c1-24-18-6-3-9-23-19(18)26(21(24)28)14-15-7-10-25(11-8-15)20(27)17-5-2-4-16(12-17)13-22/h2-6,9,12,15H,7-8,10-11,14H2,1H3. The Bertz CT molecular complexity index is 1130. The van der Waals surface area contributed by atoms with E-state index in [0.29, 0.717) is 42.3 Å². The smallest absolute Gasteiger partial charge is 0.330 e. The van der Waals surface area contributed by atoms with Crippen LogP contribution in [0.3, 0.4) is 0 Å². The van der Waals surface area contributed by atoms with Crippen LogP contribution >= 0.6 is 0 Å². The van der Waals surface area contributed by atoms with Gasteiger partial charge in [0, 0.05) is 38.4 Å². The highest BCUT2D eigenvalue weighted by atomic mass is 16.2. The molecule has 1 fully saturated rings. The predicted octanol–water partition coefficient (Wildman–Crippen LogP) is 2.16. The van der Waals surface area contributed by atoms with Gasteiger partial charge in [-0.05, 0) is 49.1 Å². The fourth-order valence-electron chi connectivity index (χ4n) is 3.88. The molecule has 1 amide bonds. The number of fused-ring (bicyclic) bond motifs is 1. The van der Waals surface area contributed by atoms with Crippen LogP contribution in [0.5, 0.6) is 0 Å². The summed E-state index contributed by atoms with van der Waals surface area (Å²) in [6.45, 7) is 1.90. The number of amides is 1. The van der Waals surface area contributed by atoms with E-state index in [1.807, 2.05) is 17.0 Å². The molecular formula is C21H21N5O2. The van der Waals surface area contributed by atoms with E-state index in [1.54, 1.807) is 46.6 Å². The van der Waals surface area contributed by atoms with Crippen molar-refractivity contribution < 1.29 is 4.79 Å². The number of aromatic nitrogens is 3. The van der Waals surface area contributed by atoms with E-state index < -0.39 is 0 Å². The molecule has 0 atom stereocenters. The zero-order chi connectivity index (χ0) is 19.7. The van der Waals surface area contributed by atoms with Crippen LogP contribution in [0.25, 0.3) is 11.2 Å². The lowest BCUT2D eigenvalue weighted by atomic mass is 9.96. The highest BCUT2D eigenvalue weighted by Crippen LogP contribution is 2.22. The summed E-state index contributed by atoms with van der Waals surface area (Å²) in [5.41, 5.74) is 2.52. The first-order valence-electron chi connectivity index (χ1n) is 9.38. The number of imidazole rings is 1. The van der Waals surface area contributed by atoms with Gasteiger partial charge < -0.3 is 4.90 Å². The number of nitrogens with zero attached hydrogens (tertiary/aromatic N) is 5. The Labute approximate surface area is 162 Å². The average molecular weight is 375 g/mol. The SMILES string of the molecule is Cn1c(=O)n(CC2CCN(C(=O)c3cccc(C#N)c3)CC2)c2ncccc21. The van der Waals surface area contributed by atoms with E-state index in [2.05, 4.69) is 11.1 Å². The summed E-state index contributed by atoms with van der Waals surface area (Å²) in [7, 11) is 1.76. The lowest BCUT2D eigenvalue weighted by Crippen LogP contribution is -2.40. The van der Waals surface area contributed by atoms with E-state index >= 15 is 0 Å².